The van der Waals surface area contributed by atoms with Crippen molar-refractivity contribution < 1.29 is 0 Å². The smallest absolute Gasteiger partial charge is 0.000851 e. The van der Waals surface area contributed by atoms with E-state index < -0.39 is 0 Å². The van der Waals surface area contributed by atoms with Crippen molar-refractivity contribution in [3.05, 3.63) is 11.9 Å². The molecule has 0 fully saturated rings. The van der Waals surface area contributed by atoms with Gasteiger partial charge in [-0.15, -0.1) is 0 Å². The van der Waals surface area contributed by atoms with Gasteiger partial charge in [-0.2, -0.15) is 0 Å². The third-order valence-corrected chi connectivity index (χ3v) is 8.98. The number of hydrogen-bond donors (Lipinski definition) is 1. The molecule has 0 saturated heterocycles. The molecular weight excluding hydrogens is 256 g/mol. The van der Waals surface area contributed by atoms with Gasteiger partial charge in [-0.25, -0.2) is 0 Å². The van der Waals surface area contributed by atoms with Crippen LogP contribution in [0.5, 0.6) is 0 Å². The summed E-state index contributed by atoms with van der Waals surface area (Å²) in [7, 11) is -0.605. The lowest BCUT2D eigenvalue weighted by Crippen LogP contribution is -2.33. The van der Waals surface area contributed by atoms with Gasteiger partial charge in [-0.3, -0.25) is 4.86 Å². The highest BCUT2D eigenvalue weighted by molar-refractivity contribution is 7.75. The molecule has 0 amide bonds. The van der Waals surface area contributed by atoms with Crippen LogP contribution in [-0.2, 0) is 0 Å². The highest BCUT2D eigenvalue weighted by Gasteiger charge is 2.38. The van der Waals surface area contributed by atoms with E-state index in [0.29, 0.717) is 10.3 Å². The van der Waals surface area contributed by atoms with Crippen LogP contribution in [0.15, 0.2) is 11.9 Å². The lowest BCUT2D eigenvalue weighted by molar-refractivity contribution is 0.698. The first-order valence-corrected chi connectivity index (χ1v) is 9.38. The number of hydrogen-bond acceptors (Lipinski definition) is 1. The Bertz CT molecular complexity index is 275. The molecule has 0 saturated carbocycles. The molecule has 0 heterocycles. The van der Waals surface area contributed by atoms with E-state index in [4.69, 9.17) is 0 Å². The van der Waals surface area contributed by atoms with E-state index in [1.54, 1.807) is 0 Å². The van der Waals surface area contributed by atoms with Crippen molar-refractivity contribution in [2.75, 3.05) is 0 Å². The topological polar surface area (TPSA) is 12.0 Å². The minimum atomic E-state index is -0.344. The summed E-state index contributed by atoms with van der Waals surface area (Å²) >= 11 is 0. The molecule has 0 aliphatic rings. The number of rotatable bonds is 3. The van der Waals surface area contributed by atoms with Gasteiger partial charge in [0.15, 0.2) is 0 Å². The highest BCUT2D eigenvalue weighted by Crippen LogP contribution is 2.65. The zero-order chi connectivity index (χ0) is 14.9. The highest BCUT2D eigenvalue weighted by atomic mass is 31.2. The van der Waals surface area contributed by atoms with Gasteiger partial charge in [0.2, 0.25) is 0 Å². The fourth-order valence-electron chi connectivity index (χ4n) is 2.21. The van der Waals surface area contributed by atoms with E-state index >= 15 is 0 Å². The summed E-state index contributed by atoms with van der Waals surface area (Å²) in [5, 5.41) is 2.21. The second-order valence-corrected chi connectivity index (χ2v) is 14.9. The molecule has 0 aliphatic carbocycles. The van der Waals surface area contributed by atoms with Crippen molar-refractivity contribution in [2.24, 2.45) is 0 Å². The molecular formula is C15H33NP2. The molecule has 1 unspecified atom stereocenters. The largest absolute Gasteiger partial charge is 0.269 e. The molecule has 0 spiro atoms. The Morgan fingerprint density at radius 1 is 0.778 bits per heavy atom. The van der Waals surface area contributed by atoms with Crippen LogP contribution in [0.3, 0.4) is 0 Å². The maximum atomic E-state index is 4.22. The molecule has 0 aliphatic heterocycles. The van der Waals surface area contributed by atoms with Crippen LogP contribution in [0.25, 0.3) is 0 Å². The van der Waals surface area contributed by atoms with Crippen LogP contribution >= 0.6 is 16.1 Å². The Balaban J connectivity index is 5.27. The third kappa shape index (κ3) is 5.68. The number of nitrogens with one attached hydrogen (secondary N) is 1. The first-order valence-electron chi connectivity index (χ1n) is 6.70. The summed E-state index contributed by atoms with van der Waals surface area (Å²) in [5.41, 5.74) is 0. The second kappa shape index (κ2) is 5.90. The Labute approximate surface area is 118 Å². The second-order valence-electron chi connectivity index (χ2n) is 8.02. The first-order chi connectivity index (χ1) is 7.67. The normalized spacial score (nSPS) is 15.9. The zero-order valence-corrected chi connectivity index (χ0v) is 15.9. The molecule has 0 aromatic heterocycles. The minimum Gasteiger partial charge on any atom is -0.269 e. The lowest BCUT2D eigenvalue weighted by atomic mass is 10.2. The number of allylic oxidation sites excluding steroid dienone is 1. The van der Waals surface area contributed by atoms with Gasteiger partial charge in [-0.05, 0) is 43.9 Å². The molecule has 0 rings (SSSR count). The summed E-state index contributed by atoms with van der Waals surface area (Å²) in [6.07, 6.45) is 0. The predicted octanol–water partition coefficient (Wildman–Crippen LogP) is 6.30. The van der Waals surface area contributed by atoms with Gasteiger partial charge < -0.3 is 0 Å². The molecule has 1 N–H and O–H groups in total. The molecule has 1 atom stereocenters. The van der Waals surface area contributed by atoms with Gasteiger partial charge in [0.25, 0.3) is 0 Å². The van der Waals surface area contributed by atoms with Gasteiger partial charge in [0.05, 0.1) is 0 Å². The minimum absolute atomic E-state index is 0.261. The van der Waals surface area contributed by atoms with Gasteiger partial charge >= 0.3 is 0 Å². The van der Waals surface area contributed by atoms with Crippen LogP contribution in [-0.4, -0.2) is 15.5 Å². The molecule has 0 radical (unpaired) electrons. The van der Waals surface area contributed by atoms with Crippen molar-refractivity contribution in [1.29, 1.82) is 0 Å². The van der Waals surface area contributed by atoms with Crippen molar-refractivity contribution in [3.8, 4) is 0 Å². The standard InChI is InChI=1S/C15H33NP2/c1-12(2)17(13(3,4)5)16-18(14(6,7)8)15(9,10)11/h16H,1H2,2-11H3. The molecule has 18 heavy (non-hydrogen) atoms. The maximum absolute atomic E-state index is 4.22. The maximum Gasteiger partial charge on any atom is -0.000851 e. The summed E-state index contributed by atoms with van der Waals surface area (Å²) in [6.45, 7) is 27.5. The van der Waals surface area contributed by atoms with E-state index in [1.165, 1.54) is 5.31 Å². The van der Waals surface area contributed by atoms with E-state index in [2.05, 4.69) is 80.7 Å². The van der Waals surface area contributed by atoms with Crippen molar-refractivity contribution in [2.45, 2.75) is 84.7 Å². The van der Waals surface area contributed by atoms with Crippen LogP contribution in [0.1, 0.15) is 69.2 Å². The first kappa shape index (κ1) is 18.6. The molecule has 0 bridgehead atoms. The van der Waals surface area contributed by atoms with Gasteiger partial charge in [0.1, 0.15) is 0 Å². The molecule has 1 nitrogen and oxygen atoms in total. The molecule has 0 aromatic rings. The summed E-state index contributed by atoms with van der Waals surface area (Å²) in [4.78, 5) is 4.00. The van der Waals surface area contributed by atoms with Crippen molar-refractivity contribution >= 4 is 16.1 Å². The van der Waals surface area contributed by atoms with E-state index in [-0.39, 0.29) is 21.3 Å². The van der Waals surface area contributed by atoms with Crippen LogP contribution in [0, 0.1) is 0 Å². The Morgan fingerprint density at radius 2 is 1.11 bits per heavy atom. The van der Waals surface area contributed by atoms with Gasteiger partial charge in [0, 0.05) is 0 Å². The van der Waals surface area contributed by atoms with Crippen LogP contribution in [0.2, 0.25) is 0 Å². The SMILES string of the molecule is C=C(C)P(NP(C(C)(C)C)C(C)(C)C)C(C)(C)C. The molecule has 3 heteroatoms. The average molecular weight is 289 g/mol. The van der Waals surface area contributed by atoms with Gasteiger partial charge in [-0.1, -0.05) is 68.9 Å². The quantitative estimate of drug-likeness (QED) is 0.601. The fraction of sp³-hybridized carbons (Fsp3) is 0.867. The van der Waals surface area contributed by atoms with Crippen LogP contribution in [0.4, 0.5) is 0 Å². The Hall–Kier alpha value is 0.560. The lowest BCUT2D eigenvalue weighted by Gasteiger charge is -2.46. The Kier molecular flexibility index (Phi) is 6.09. The zero-order valence-electron chi connectivity index (χ0n) is 14.1. The average Bonchev–Trinajstić information content (AvgIpc) is 1.94. The van der Waals surface area contributed by atoms with E-state index in [9.17, 15) is 0 Å². The fourth-order valence-corrected chi connectivity index (χ4v) is 10.5. The third-order valence-electron chi connectivity index (χ3n) is 2.59. The van der Waals surface area contributed by atoms with Crippen molar-refractivity contribution in [1.82, 2.24) is 4.86 Å². The molecule has 108 valence electrons. The monoisotopic (exact) mass is 289 g/mol. The Morgan fingerprint density at radius 3 is 1.28 bits per heavy atom. The van der Waals surface area contributed by atoms with Crippen molar-refractivity contribution in [3.63, 3.8) is 0 Å². The summed E-state index contributed by atoms with van der Waals surface area (Å²) < 4.78 is 0. The molecule has 0 aromatic carbocycles. The summed E-state index contributed by atoms with van der Waals surface area (Å²) in [6, 6.07) is 0. The predicted molar refractivity (Wildman–Crippen MR) is 91.0 cm³/mol. The summed E-state index contributed by atoms with van der Waals surface area (Å²) in [5.74, 6) is 0. The van der Waals surface area contributed by atoms with E-state index in [0.717, 1.165) is 0 Å². The van der Waals surface area contributed by atoms with Crippen LogP contribution < -0.4 is 4.86 Å². The van der Waals surface area contributed by atoms with E-state index in [1.807, 2.05) is 0 Å².